The molecule has 0 unspecified atom stereocenters. The number of carbonyl (C=O) groups is 1. The van der Waals surface area contributed by atoms with Gasteiger partial charge in [-0.1, -0.05) is 29.8 Å². The van der Waals surface area contributed by atoms with Crippen LogP contribution in [-0.2, 0) is 21.9 Å². The first kappa shape index (κ1) is 29.7. The summed E-state index contributed by atoms with van der Waals surface area (Å²) in [4.78, 5) is 15.4. The van der Waals surface area contributed by atoms with Crippen LogP contribution in [0.2, 0.25) is 5.02 Å². The van der Waals surface area contributed by atoms with E-state index in [-0.39, 0.29) is 22.8 Å². The summed E-state index contributed by atoms with van der Waals surface area (Å²) >= 11 is 6.37. The number of hydrogen-bond donors (Lipinski definition) is 2. The van der Waals surface area contributed by atoms with Crippen LogP contribution in [0.5, 0.6) is 5.75 Å². The van der Waals surface area contributed by atoms with E-state index in [0.29, 0.717) is 31.9 Å². The van der Waals surface area contributed by atoms with Crippen molar-refractivity contribution >= 4 is 33.2 Å². The molecule has 220 valence electrons. The van der Waals surface area contributed by atoms with Crippen molar-refractivity contribution in [3.05, 3.63) is 83.4 Å². The second-order valence-corrected chi connectivity index (χ2v) is 14.3. The van der Waals surface area contributed by atoms with Crippen molar-refractivity contribution in [1.29, 1.82) is 0 Å². The monoisotopic (exact) mass is 598 g/mol. The van der Waals surface area contributed by atoms with Gasteiger partial charge in [-0.3, -0.25) is 4.79 Å². The molecular weight excluding hydrogens is 560 g/mol. The summed E-state index contributed by atoms with van der Waals surface area (Å²) in [6, 6.07) is 11.2. The van der Waals surface area contributed by atoms with E-state index in [1.807, 2.05) is 6.07 Å². The third-order valence-corrected chi connectivity index (χ3v) is 11.1. The topological polar surface area (TPSA) is 95.9 Å². The minimum atomic E-state index is -3.90. The SMILES string of the molecule is C=CC[C@H](O)[C@@H]1CC[C@H]1CN1C[C@@]2(CCCc3cc(Cl)ccc32)COc2ccc(C(=O)NS(=O)(=O)[C@@H](C)C=C)cc21. The Morgan fingerprint density at radius 3 is 2.78 bits per heavy atom. The minimum Gasteiger partial charge on any atom is -0.490 e. The molecule has 1 spiro atoms. The number of fused-ring (bicyclic) bond motifs is 3. The number of carbonyl (C=O) groups excluding carboxylic acids is 1. The Morgan fingerprint density at radius 1 is 1.27 bits per heavy atom. The zero-order chi connectivity index (χ0) is 29.4. The number of anilines is 1. The summed E-state index contributed by atoms with van der Waals surface area (Å²) in [7, 11) is -3.90. The van der Waals surface area contributed by atoms with Gasteiger partial charge in [-0.15, -0.1) is 13.2 Å². The number of aliphatic hydroxyl groups excluding tert-OH is 1. The first-order valence-corrected chi connectivity index (χ1v) is 16.3. The number of sulfonamides is 1. The summed E-state index contributed by atoms with van der Waals surface area (Å²) < 4.78 is 33.8. The van der Waals surface area contributed by atoms with Gasteiger partial charge in [0.05, 0.1) is 23.6 Å². The van der Waals surface area contributed by atoms with Crippen LogP contribution in [0.3, 0.4) is 0 Å². The predicted molar refractivity (Wildman–Crippen MR) is 163 cm³/mol. The first-order chi connectivity index (χ1) is 19.6. The summed E-state index contributed by atoms with van der Waals surface area (Å²) in [5.74, 6) is 0.406. The molecule has 41 heavy (non-hydrogen) atoms. The molecule has 1 amide bonds. The molecule has 1 aliphatic heterocycles. The highest BCUT2D eigenvalue weighted by Gasteiger charge is 2.44. The Hall–Kier alpha value is -2.81. The third-order valence-electron chi connectivity index (χ3n) is 9.19. The van der Waals surface area contributed by atoms with Gasteiger partial charge in [-0.2, -0.15) is 0 Å². The average molecular weight is 599 g/mol. The molecule has 2 N–H and O–H groups in total. The zero-order valence-electron chi connectivity index (χ0n) is 23.5. The van der Waals surface area contributed by atoms with Crippen LogP contribution in [0, 0.1) is 11.8 Å². The molecule has 0 aromatic heterocycles. The van der Waals surface area contributed by atoms with Crippen LogP contribution in [0.25, 0.3) is 0 Å². The molecule has 0 saturated heterocycles. The van der Waals surface area contributed by atoms with E-state index in [0.717, 1.165) is 42.8 Å². The molecule has 5 rings (SSSR count). The average Bonchev–Trinajstić information content (AvgIpc) is 3.07. The van der Waals surface area contributed by atoms with Crippen LogP contribution >= 0.6 is 11.6 Å². The zero-order valence-corrected chi connectivity index (χ0v) is 25.1. The van der Waals surface area contributed by atoms with Gasteiger partial charge in [0.25, 0.3) is 5.91 Å². The fourth-order valence-electron chi connectivity index (χ4n) is 6.62. The van der Waals surface area contributed by atoms with Crippen LogP contribution < -0.4 is 14.4 Å². The van der Waals surface area contributed by atoms with Crippen LogP contribution in [-0.4, -0.2) is 50.5 Å². The highest BCUT2D eigenvalue weighted by atomic mass is 35.5. The molecular formula is C32H39ClN2O5S. The summed E-state index contributed by atoms with van der Waals surface area (Å²) in [6.07, 6.45) is 8.06. The molecule has 0 radical (unpaired) electrons. The molecule has 1 saturated carbocycles. The molecule has 5 atom stereocenters. The maximum atomic E-state index is 13.1. The van der Waals surface area contributed by atoms with Gasteiger partial charge in [0.1, 0.15) is 5.75 Å². The number of rotatable bonds is 9. The lowest BCUT2D eigenvalue weighted by Gasteiger charge is -2.45. The highest BCUT2D eigenvalue weighted by molar-refractivity contribution is 7.90. The Bertz CT molecular complexity index is 1440. The van der Waals surface area contributed by atoms with Crippen LogP contribution in [0.1, 0.15) is 60.5 Å². The number of nitrogens with zero attached hydrogens (tertiary/aromatic N) is 1. The molecule has 2 aromatic carbocycles. The molecule has 0 bridgehead atoms. The number of ether oxygens (including phenoxy) is 1. The number of aliphatic hydroxyl groups is 1. The standard InChI is InChI=1S/C32H39ClN2O5S/c1-4-7-29(36)26-12-9-24(26)18-35-19-32(15-6-8-22-16-25(33)11-13-27(22)32)20-40-30-14-10-23(17-28(30)35)31(37)34-41(38,39)21(3)5-2/h4-5,10-11,13-14,16-17,21,24,26,29,36H,1-2,6-9,12,15,18-20H2,3H3,(H,34,37)/t21-,24-,26+,29-,32-/m0/s1. The Kier molecular flexibility index (Phi) is 8.56. The third kappa shape index (κ3) is 5.92. The molecule has 1 fully saturated rings. The fraction of sp³-hybridized carbons (Fsp3) is 0.469. The smallest absolute Gasteiger partial charge is 0.264 e. The lowest BCUT2D eigenvalue weighted by atomic mass is 9.68. The van der Waals surface area contributed by atoms with Gasteiger partial charge in [0.2, 0.25) is 10.0 Å². The summed E-state index contributed by atoms with van der Waals surface area (Å²) in [5.41, 5.74) is 3.20. The van der Waals surface area contributed by atoms with E-state index in [1.165, 1.54) is 24.1 Å². The van der Waals surface area contributed by atoms with Crippen LogP contribution in [0.4, 0.5) is 5.69 Å². The van der Waals surface area contributed by atoms with Gasteiger partial charge < -0.3 is 14.7 Å². The second kappa shape index (κ2) is 11.8. The maximum Gasteiger partial charge on any atom is 0.264 e. The Labute approximate surface area is 248 Å². The van der Waals surface area contributed by atoms with E-state index in [1.54, 1.807) is 24.3 Å². The lowest BCUT2D eigenvalue weighted by Crippen LogP contribution is -2.49. The Balaban J connectivity index is 1.51. The van der Waals surface area contributed by atoms with Crippen molar-refractivity contribution in [2.45, 2.75) is 62.2 Å². The second-order valence-electron chi connectivity index (χ2n) is 11.8. The van der Waals surface area contributed by atoms with Gasteiger partial charge in [-0.05, 0) is 98.7 Å². The van der Waals surface area contributed by atoms with Crippen molar-refractivity contribution in [3.63, 3.8) is 0 Å². The van der Waals surface area contributed by atoms with Crippen molar-refractivity contribution < 1.29 is 23.1 Å². The largest absolute Gasteiger partial charge is 0.490 e. The first-order valence-electron chi connectivity index (χ1n) is 14.3. The quantitative estimate of drug-likeness (QED) is 0.375. The lowest BCUT2D eigenvalue weighted by molar-refractivity contribution is 0.0178. The van der Waals surface area contributed by atoms with E-state index < -0.39 is 27.3 Å². The predicted octanol–water partition coefficient (Wildman–Crippen LogP) is 5.41. The Morgan fingerprint density at radius 2 is 2.07 bits per heavy atom. The van der Waals surface area contributed by atoms with Crippen molar-refractivity contribution in [2.75, 3.05) is 24.6 Å². The number of aryl methyl sites for hydroxylation is 1. The van der Waals surface area contributed by atoms with Crippen molar-refractivity contribution in [3.8, 4) is 5.75 Å². The van der Waals surface area contributed by atoms with E-state index in [9.17, 15) is 18.3 Å². The number of nitrogens with one attached hydrogen (secondary N) is 1. The number of hydrogen-bond acceptors (Lipinski definition) is 6. The van der Waals surface area contributed by atoms with Crippen molar-refractivity contribution in [2.24, 2.45) is 11.8 Å². The van der Waals surface area contributed by atoms with Crippen molar-refractivity contribution in [1.82, 2.24) is 4.72 Å². The highest BCUT2D eigenvalue weighted by Crippen LogP contribution is 2.46. The molecule has 2 aromatic rings. The van der Waals surface area contributed by atoms with Gasteiger partial charge in [0, 0.05) is 29.1 Å². The van der Waals surface area contributed by atoms with Gasteiger partial charge >= 0.3 is 0 Å². The molecule has 1 heterocycles. The van der Waals surface area contributed by atoms with E-state index >= 15 is 0 Å². The number of halogens is 1. The molecule has 2 aliphatic carbocycles. The normalized spacial score (nSPS) is 25.0. The summed E-state index contributed by atoms with van der Waals surface area (Å²) in [6.45, 7) is 10.6. The summed E-state index contributed by atoms with van der Waals surface area (Å²) in [5, 5.41) is 10.6. The molecule has 7 nitrogen and oxygen atoms in total. The minimum absolute atomic E-state index is 0.172. The maximum absolute atomic E-state index is 13.1. The molecule has 3 aliphatic rings. The van der Waals surface area contributed by atoms with Gasteiger partial charge in [0.15, 0.2) is 0 Å². The van der Waals surface area contributed by atoms with E-state index in [4.69, 9.17) is 16.3 Å². The van der Waals surface area contributed by atoms with Gasteiger partial charge in [-0.25, -0.2) is 13.1 Å². The number of benzene rings is 2. The number of amides is 1. The van der Waals surface area contributed by atoms with E-state index in [2.05, 4.69) is 34.9 Å². The molecule has 9 heteroatoms. The van der Waals surface area contributed by atoms with Crippen LogP contribution in [0.15, 0.2) is 61.7 Å². The fourth-order valence-corrected chi connectivity index (χ4v) is 7.63.